The van der Waals surface area contributed by atoms with Crippen LogP contribution < -0.4 is 5.32 Å². The lowest BCUT2D eigenvalue weighted by atomic mass is 9.98. The number of carbonyl (C=O) groups excluding carboxylic acids is 1. The van der Waals surface area contributed by atoms with E-state index in [0.717, 1.165) is 22.3 Å². The number of benzene rings is 2. The Balaban J connectivity index is 1.30. The van der Waals surface area contributed by atoms with Gasteiger partial charge in [-0.2, -0.15) is 0 Å². The van der Waals surface area contributed by atoms with Crippen LogP contribution in [-0.2, 0) is 23.7 Å². The first-order chi connectivity index (χ1) is 15.3. The molecule has 2 N–H and O–H groups in total. The highest BCUT2D eigenvalue weighted by Crippen LogP contribution is 2.44. The van der Waals surface area contributed by atoms with Gasteiger partial charge in [-0.3, -0.25) is 0 Å². The lowest BCUT2D eigenvalue weighted by molar-refractivity contribution is -0.148. The Kier molecular flexibility index (Phi) is 6.45. The van der Waals surface area contributed by atoms with E-state index in [2.05, 4.69) is 5.32 Å². The van der Waals surface area contributed by atoms with E-state index in [-0.39, 0.29) is 31.8 Å². The van der Waals surface area contributed by atoms with Crippen molar-refractivity contribution in [2.24, 2.45) is 0 Å². The van der Waals surface area contributed by atoms with Crippen LogP contribution in [0.3, 0.4) is 0 Å². The molecule has 1 aliphatic carbocycles. The van der Waals surface area contributed by atoms with Gasteiger partial charge in [0.05, 0.1) is 19.8 Å². The molecule has 1 heterocycles. The fourth-order valence-corrected chi connectivity index (χ4v) is 4.12. The third-order valence-corrected chi connectivity index (χ3v) is 5.59. The van der Waals surface area contributed by atoms with Crippen LogP contribution in [0, 0.1) is 0 Å². The number of carbonyl (C=O) groups is 2. The summed E-state index contributed by atoms with van der Waals surface area (Å²) >= 11 is 0. The zero-order valence-electron chi connectivity index (χ0n) is 18.1. The van der Waals surface area contributed by atoms with E-state index in [4.69, 9.17) is 18.9 Å². The summed E-state index contributed by atoms with van der Waals surface area (Å²) in [4.78, 5) is 23.9. The van der Waals surface area contributed by atoms with E-state index in [1.165, 1.54) is 0 Å². The van der Waals surface area contributed by atoms with Crippen LogP contribution in [-0.4, -0.2) is 61.5 Å². The average Bonchev–Trinajstić information content (AvgIpc) is 3.28. The van der Waals surface area contributed by atoms with E-state index in [1.54, 1.807) is 13.8 Å². The number of hydrogen-bond acceptors (Lipinski definition) is 6. The lowest BCUT2D eigenvalue weighted by Gasteiger charge is -2.19. The van der Waals surface area contributed by atoms with Crippen LogP contribution in [0.25, 0.3) is 11.1 Å². The maximum absolute atomic E-state index is 12.3. The number of aliphatic carboxylic acids is 1. The monoisotopic (exact) mass is 441 g/mol. The van der Waals surface area contributed by atoms with Crippen molar-refractivity contribution in [1.29, 1.82) is 0 Å². The Hall–Kier alpha value is -2.94. The van der Waals surface area contributed by atoms with E-state index >= 15 is 0 Å². The number of carboxylic acids is 1. The first kappa shape index (κ1) is 22.3. The molecule has 1 fully saturated rings. The number of alkyl carbamates (subject to hydrolysis) is 1. The molecule has 4 rings (SSSR count). The van der Waals surface area contributed by atoms with Gasteiger partial charge in [-0.1, -0.05) is 48.5 Å². The molecule has 2 aliphatic rings. The highest BCUT2D eigenvalue weighted by atomic mass is 16.7. The summed E-state index contributed by atoms with van der Waals surface area (Å²) in [7, 11) is 0. The molecule has 0 aromatic heterocycles. The number of rotatable bonds is 8. The summed E-state index contributed by atoms with van der Waals surface area (Å²) in [6.07, 6.45) is -1.08. The molecule has 0 spiro atoms. The molecule has 2 unspecified atom stereocenters. The van der Waals surface area contributed by atoms with E-state index < -0.39 is 23.9 Å². The molecule has 0 saturated carbocycles. The fraction of sp³-hybridized carbons (Fsp3) is 0.417. The van der Waals surface area contributed by atoms with Crippen molar-refractivity contribution in [3.8, 4) is 11.1 Å². The summed E-state index contributed by atoms with van der Waals surface area (Å²) in [6, 6.07) is 14.8. The zero-order valence-corrected chi connectivity index (χ0v) is 18.1. The minimum Gasteiger partial charge on any atom is -0.480 e. The number of fused-ring (bicyclic) bond motifs is 3. The molecular formula is C24H27NO7. The second-order valence-corrected chi connectivity index (χ2v) is 8.35. The van der Waals surface area contributed by atoms with Gasteiger partial charge in [-0.25, -0.2) is 9.59 Å². The Morgan fingerprint density at radius 1 is 1.09 bits per heavy atom. The molecule has 0 bridgehead atoms. The molecule has 2 atom stereocenters. The normalized spacial score (nSPS) is 19.8. The maximum Gasteiger partial charge on any atom is 0.407 e. The smallest absolute Gasteiger partial charge is 0.407 e. The van der Waals surface area contributed by atoms with Gasteiger partial charge in [-0.15, -0.1) is 0 Å². The second kappa shape index (κ2) is 9.28. The Labute approximate surface area is 186 Å². The van der Waals surface area contributed by atoms with Gasteiger partial charge in [0.25, 0.3) is 0 Å². The van der Waals surface area contributed by atoms with Crippen LogP contribution in [0.2, 0.25) is 0 Å². The van der Waals surface area contributed by atoms with Crippen LogP contribution >= 0.6 is 0 Å². The molecule has 8 heteroatoms. The van der Waals surface area contributed by atoms with Gasteiger partial charge in [0, 0.05) is 5.92 Å². The first-order valence-electron chi connectivity index (χ1n) is 10.6. The van der Waals surface area contributed by atoms with Crippen molar-refractivity contribution in [1.82, 2.24) is 5.32 Å². The molecule has 0 radical (unpaired) electrons. The lowest BCUT2D eigenvalue weighted by Crippen LogP contribution is -2.45. The quantitative estimate of drug-likeness (QED) is 0.649. The molecule has 1 saturated heterocycles. The van der Waals surface area contributed by atoms with E-state index in [1.807, 2.05) is 48.5 Å². The third kappa shape index (κ3) is 4.93. The SMILES string of the molecule is CC1(C)OCC(COCC(NC(=O)OCC2c3ccccc3-c3ccccc32)C(=O)O)O1. The molecule has 1 aliphatic heterocycles. The van der Waals surface area contributed by atoms with Crippen molar-refractivity contribution in [2.75, 3.05) is 26.4 Å². The average molecular weight is 441 g/mol. The van der Waals surface area contributed by atoms with Crippen molar-refractivity contribution < 1.29 is 33.6 Å². The number of carboxylic acid groups (broad SMARTS) is 1. The molecule has 2 aromatic rings. The van der Waals surface area contributed by atoms with Gasteiger partial charge in [-0.05, 0) is 36.1 Å². The molecule has 2 aromatic carbocycles. The number of nitrogens with one attached hydrogen (secondary N) is 1. The van der Waals surface area contributed by atoms with Crippen molar-refractivity contribution in [3.63, 3.8) is 0 Å². The largest absolute Gasteiger partial charge is 0.480 e. The van der Waals surface area contributed by atoms with Gasteiger partial charge >= 0.3 is 12.1 Å². The van der Waals surface area contributed by atoms with E-state index in [9.17, 15) is 14.7 Å². The van der Waals surface area contributed by atoms with Crippen LogP contribution in [0.15, 0.2) is 48.5 Å². The van der Waals surface area contributed by atoms with Crippen molar-refractivity contribution in [2.45, 2.75) is 37.7 Å². The minimum atomic E-state index is -1.24. The molecule has 170 valence electrons. The predicted molar refractivity (Wildman–Crippen MR) is 115 cm³/mol. The van der Waals surface area contributed by atoms with Crippen LogP contribution in [0.5, 0.6) is 0 Å². The highest BCUT2D eigenvalue weighted by molar-refractivity contribution is 5.81. The number of ether oxygens (including phenoxy) is 4. The standard InChI is InChI=1S/C24H27NO7/c1-24(2)31-12-15(32-24)11-29-14-21(22(26)27)25-23(28)30-13-20-18-9-5-3-7-16(18)17-8-4-6-10-19(17)20/h3-10,15,20-21H,11-14H2,1-2H3,(H,25,28)(H,26,27). The van der Waals surface area contributed by atoms with Crippen LogP contribution in [0.4, 0.5) is 4.79 Å². The molecule has 8 nitrogen and oxygen atoms in total. The maximum atomic E-state index is 12.3. The topological polar surface area (TPSA) is 103 Å². The van der Waals surface area contributed by atoms with Gasteiger partial charge in [0.15, 0.2) is 11.8 Å². The zero-order chi connectivity index (χ0) is 22.7. The predicted octanol–water partition coefficient (Wildman–Crippen LogP) is 3.15. The Morgan fingerprint density at radius 2 is 1.72 bits per heavy atom. The molecular weight excluding hydrogens is 414 g/mol. The minimum absolute atomic E-state index is 0.101. The highest BCUT2D eigenvalue weighted by Gasteiger charge is 2.33. The van der Waals surface area contributed by atoms with Gasteiger partial charge < -0.3 is 29.4 Å². The van der Waals surface area contributed by atoms with E-state index in [0.29, 0.717) is 6.61 Å². The molecule has 32 heavy (non-hydrogen) atoms. The third-order valence-electron chi connectivity index (χ3n) is 5.59. The number of hydrogen-bond donors (Lipinski definition) is 2. The Morgan fingerprint density at radius 3 is 2.28 bits per heavy atom. The number of amides is 1. The van der Waals surface area contributed by atoms with Crippen LogP contribution in [0.1, 0.15) is 30.9 Å². The fourth-order valence-electron chi connectivity index (χ4n) is 4.12. The molecule has 1 amide bonds. The van der Waals surface area contributed by atoms with Gasteiger partial charge in [0.2, 0.25) is 0 Å². The Bertz CT molecular complexity index is 944. The summed E-state index contributed by atoms with van der Waals surface area (Å²) < 4.78 is 21.9. The van der Waals surface area contributed by atoms with Crippen molar-refractivity contribution in [3.05, 3.63) is 59.7 Å². The summed E-state index contributed by atoms with van der Waals surface area (Å²) in [6.45, 7) is 4.02. The summed E-state index contributed by atoms with van der Waals surface area (Å²) in [5.41, 5.74) is 4.41. The summed E-state index contributed by atoms with van der Waals surface area (Å²) in [5.74, 6) is -1.99. The van der Waals surface area contributed by atoms with Gasteiger partial charge in [0.1, 0.15) is 12.7 Å². The van der Waals surface area contributed by atoms with Crippen molar-refractivity contribution >= 4 is 12.1 Å². The first-order valence-corrected chi connectivity index (χ1v) is 10.6. The second-order valence-electron chi connectivity index (χ2n) is 8.35. The summed E-state index contributed by atoms with van der Waals surface area (Å²) in [5, 5.41) is 11.8.